The average Bonchev–Trinajstić information content (AvgIpc) is 2.64. The van der Waals surface area contributed by atoms with Gasteiger partial charge in [-0.15, -0.1) is 0 Å². The van der Waals surface area contributed by atoms with Gasteiger partial charge in [0.1, 0.15) is 24.5 Å². The van der Waals surface area contributed by atoms with E-state index in [-0.39, 0.29) is 13.2 Å². The lowest BCUT2D eigenvalue weighted by Crippen LogP contribution is -2.10. The lowest BCUT2D eigenvalue weighted by molar-refractivity contribution is -0.138. The largest absolute Gasteiger partial charge is 0.490 e. The molecule has 1 aromatic heterocycles. The monoisotopic (exact) mass is 336 g/mol. The number of benzene rings is 2. The van der Waals surface area contributed by atoms with Crippen molar-refractivity contribution in [3.05, 3.63) is 77.7 Å². The van der Waals surface area contributed by atoms with Crippen LogP contribution in [0, 0.1) is 0 Å². The van der Waals surface area contributed by atoms with E-state index in [4.69, 9.17) is 13.9 Å². The van der Waals surface area contributed by atoms with Gasteiger partial charge in [0.05, 0.1) is 0 Å². The Morgan fingerprint density at radius 2 is 1.88 bits per heavy atom. The molecule has 0 aliphatic heterocycles. The molecule has 3 rings (SSSR count). The summed E-state index contributed by atoms with van der Waals surface area (Å²) < 4.78 is 15.7. The van der Waals surface area contributed by atoms with Crippen LogP contribution in [0.3, 0.4) is 0 Å². The van der Waals surface area contributed by atoms with Gasteiger partial charge in [-0.3, -0.25) is 0 Å². The molecule has 0 fully saturated rings. The summed E-state index contributed by atoms with van der Waals surface area (Å²) in [5.41, 5.74) is 1.75. The van der Waals surface area contributed by atoms with Crippen molar-refractivity contribution in [1.82, 2.24) is 0 Å². The van der Waals surface area contributed by atoms with E-state index in [2.05, 4.69) is 6.58 Å². The minimum absolute atomic E-state index is 0.108. The van der Waals surface area contributed by atoms with Crippen LogP contribution in [0.5, 0.6) is 5.75 Å². The Bertz CT molecular complexity index is 957. The van der Waals surface area contributed by atoms with Gasteiger partial charge in [0, 0.05) is 23.6 Å². The Balaban J connectivity index is 1.85. The van der Waals surface area contributed by atoms with E-state index in [9.17, 15) is 9.59 Å². The summed E-state index contributed by atoms with van der Waals surface area (Å²) in [4.78, 5) is 22.8. The zero-order valence-electron chi connectivity index (χ0n) is 13.4. The summed E-state index contributed by atoms with van der Waals surface area (Å²) in [6, 6.07) is 16.4. The molecular weight excluding hydrogens is 320 g/mol. The maximum atomic E-state index is 11.9. The quantitative estimate of drug-likeness (QED) is 0.298. The summed E-state index contributed by atoms with van der Waals surface area (Å²) in [7, 11) is 0. The Morgan fingerprint density at radius 1 is 1.08 bits per heavy atom. The lowest BCUT2D eigenvalue weighted by Gasteiger charge is -2.09. The molecule has 0 unspecified atom stereocenters. The molecule has 0 aliphatic rings. The Labute approximate surface area is 144 Å². The van der Waals surface area contributed by atoms with E-state index < -0.39 is 11.6 Å². The molecule has 126 valence electrons. The minimum atomic E-state index is -0.499. The summed E-state index contributed by atoms with van der Waals surface area (Å²) in [6.45, 7) is 3.61. The average molecular weight is 336 g/mol. The lowest BCUT2D eigenvalue weighted by atomic mass is 10.0. The number of hydrogen-bond acceptors (Lipinski definition) is 5. The molecule has 0 amide bonds. The van der Waals surface area contributed by atoms with Crippen molar-refractivity contribution >= 4 is 16.9 Å². The standard InChI is InChI=1S/C20H16O5/c1-2-19(21)24-11-10-23-15-8-9-16-17(14-6-4-3-5-7-14)13-20(22)25-18(16)12-15/h2-9,12-13H,1,10-11H2. The molecule has 0 saturated carbocycles. The second-order valence-corrected chi connectivity index (χ2v) is 5.22. The number of hydrogen-bond donors (Lipinski definition) is 0. The SMILES string of the molecule is C=CC(=O)OCCOc1ccc2c(-c3ccccc3)cc(=O)oc2c1. The third-order valence-corrected chi connectivity index (χ3v) is 3.56. The van der Waals surface area contributed by atoms with E-state index >= 15 is 0 Å². The van der Waals surface area contributed by atoms with E-state index in [1.54, 1.807) is 12.1 Å². The summed E-state index contributed by atoms with van der Waals surface area (Å²) in [5, 5.41) is 0.816. The van der Waals surface area contributed by atoms with E-state index in [1.165, 1.54) is 6.07 Å². The van der Waals surface area contributed by atoms with Crippen molar-refractivity contribution in [1.29, 1.82) is 0 Å². The first-order chi connectivity index (χ1) is 12.2. The van der Waals surface area contributed by atoms with Crippen LogP contribution in [0.4, 0.5) is 0 Å². The molecule has 0 atom stereocenters. The van der Waals surface area contributed by atoms with Gasteiger partial charge in [-0.05, 0) is 23.3 Å². The maximum absolute atomic E-state index is 11.9. The smallest absolute Gasteiger partial charge is 0.336 e. The first-order valence-electron chi connectivity index (χ1n) is 7.73. The molecular formula is C20H16O5. The van der Waals surface area contributed by atoms with Crippen LogP contribution in [0.25, 0.3) is 22.1 Å². The first-order valence-corrected chi connectivity index (χ1v) is 7.73. The summed E-state index contributed by atoms with van der Waals surface area (Å²) >= 11 is 0. The summed E-state index contributed by atoms with van der Waals surface area (Å²) in [5.74, 6) is 0.0242. The predicted octanol–water partition coefficient (Wildman–Crippen LogP) is 3.57. The second-order valence-electron chi connectivity index (χ2n) is 5.22. The van der Waals surface area contributed by atoms with Crippen molar-refractivity contribution in [2.75, 3.05) is 13.2 Å². The zero-order valence-corrected chi connectivity index (χ0v) is 13.4. The van der Waals surface area contributed by atoms with Crippen LogP contribution < -0.4 is 10.4 Å². The molecule has 3 aromatic rings. The molecule has 5 heteroatoms. The van der Waals surface area contributed by atoms with E-state index in [1.807, 2.05) is 36.4 Å². The van der Waals surface area contributed by atoms with Crippen molar-refractivity contribution in [2.45, 2.75) is 0 Å². The molecule has 0 N–H and O–H groups in total. The number of carbonyl (C=O) groups is 1. The third-order valence-electron chi connectivity index (χ3n) is 3.56. The molecule has 2 aromatic carbocycles. The number of rotatable bonds is 6. The highest BCUT2D eigenvalue weighted by molar-refractivity contribution is 5.93. The Hall–Kier alpha value is -3.34. The molecule has 0 aliphatic carbocycles. The van der Waals surface area contributed by atoms with Crippen LogP contribution >= 0.6 is 0 Å². The van der Waals surface area contributed by atoms with Gasteiger partial charge in [-0.1, -0.05) is 36.9 Å². The van der Waals surface area contributed by atoms with E-state index in [0.717, 1.165) is 22.6 Å². The molecule has 0 bridgehead atoms. The fourth-order valence-electron chi connectivity index (χ4n) is 2.45. The van der Waals surface area contributed by atoms with Gasteiger partial charge >= 0.3 is 11.6 Å². The molecule has 5 nitrogen and oxygen atoms in total. The minimum Gasteiger partial charge on any atom is -0.490 e. The highest BCUT2D eigenvalue weighted by Gasteiger charge is 2.09. The fraction of sp³-hybridized carbons (Fsp3) is 0.100. The van der Waals surface area contributed by atoms with Crippen LogP contribution in [0.15, 0.2) is 76.5 Å². The highest BCUT2D eigenvalue weighted by atomic mass is 16.6. The molecule has 0 saturated heterocycles. The fourth-order valence-corrected chi connectivity index (χ4v) is 2.45. The van der Waals surface area contributed by atoms with Gasteiger partial charge < -0.3 is 13.9 Å². The molecule has 0 radical (unpaired) electrons. The van der Waals surface area contributed by atoms with Gasteiger partial charge in [0.25, 0.3) is 0 Å². The number of ether oxygens (including phenoxy) is 2. The Kier molecular flexibility index (Phi) is 4.95. The van der Waals surface area contributed by atoms with Crippen LogP contribution in [-0.4, -0.2) is 19.2 Å². The van der Waals surface area contributed by atoms with Gasteiger partial charge in [-0.2, -0.15) is 0 Å². The van der Waals surface area contributed by atoms with Gasteiger partial charge in [-0.25, -0.2) is 9.59 Å². The normalized spacial score (nSPS) is 10.4. The van der Waals surface area contributed by atoms with Crippen molar-refractivity contribution in [3.8, 4) is 16.9 Å². The van der Waals surface area contributed by atoms with Crippen molar-refractivity contribution < 1.29 is 18.7 Å². The van der Waals surface area contributed by atoms with Crippen molar-refractivity contribution in [3.63, 3.8) is 0 Å². The van der Waals surface area contributed by atoms with Crippen LogP contribution in [0.2, 0.25) is 0 Å². The third kappa shape index (κ3) is 3.95. The number of fused-ring (bicyclic) bond motifs is 1. The first kappa shape index (κ1) is 16.5. The van der Waals surface area contributed by atoms with Crippen molar-refractivity contribution in [2.24, 2.45) is 0 Å². The van der Waals surface area contributed by atoms with Gasteiger partial charge in [0.2, 0.25) is 0 Å². The topological polar surface area (TPSA) is 65.7 Å². The zero-order chi connectivity index (χ0) is 17.6. The van der Waals surface area contributed by atoms with E-state index in [0.29, 0.717) is 11.3 Å². The summed E-state index contributed by atoms with van der Waals surface area (Å²) in [6.07, 6.45) is 1.09. The van der Waals surface area contributed by atoms with Gasteiger partial charge in [0.15, 0.2) is 0 Å². The highest BCUT2D eigenvalue weighted by Crippen LogP contribution is 2.29. The van der Waals surface area contributed by atoms with Crippen LogP contribution in [0.1, 0.15) is 0 Å². The van der Waals surface area contributed by atoms with Crippen LogP contribution in [-0.2, 0) is 9.53 Å². The molecule has 1 heterocycles. The number of esters is 1. The second kappa shape index (κ2) is 7.49. The maximum Gasteiger partial charge on any atom is 0.336 e. The number of carbonyl (C=O) groups excluding carboxylic acids is 1. The molecule has 25 heavy (non-hydrogen) atoms. The Morgan fingerprint density at radius 3 is 2.64 bits per heavy atom. The molecule has 0 spiro atoms. The predicted molar refractivity (Wildman–Crippen MR) is 94.6 cm³/mol.